The summed E-state index contributed by atoms with van der Waals surface area (Å²) >= 11 is 1.90. The first-order valence-corrected chi connectivity index (χ1v) is 20.2. The van der Waals surface area contributed by atoms with Gasteiger partial charge in [0.1, 0.15) is 11.2 Å². The van der Waals surface area contributed by atoms with Gasteiger partial charge in [0.25, 0.3) is 0 Å². The smallest absolute Gasteiger partial charge is 0.136 e. The van der Waals surface area contributed by atoms with E-state index in [-0.39, 0.29) is 0 Å². The van der Waals surface area contributed by atoms with Crippen molar-refractivity contribution in [1.82, 2.24) is 4.57 Å². The van der Waals surface area contributed by atoms with E-state index in [0.29, 0.717) is 0 Å². The summed E-state index contributed by atoms with van der Waals surface area (Å²) in [7, 11) is 0. The number of benzene rings is 9. The van der Waals surface area contributed by atoms with Crippen LogP contribution in [0, 0.1) is 0 Å². The molecule has 266 valence electrons. The molecule has 0 amide bonds. The molecule has 0 aliphatic heterocycles. The Bertz CT molecular complexity index is 3400. The minimum Gasteiger partial charge on any atom is -0.456 e. The van der Waals surface area contributed by atoms with Crippen LogP contribution in [0.15, 0.2) is 205 Å². The summed E-state index contributed by atoms with van der Waals surface area (Å²) in [6.07, 6.45) is 0. The van der Waals surface area contributed by atoms with E-state index in [1.165, 1.54) is 92.2 Å². The zero-order chi connectivity index (χ0) is 37.5. The summed E-state index contributed by atoms with van der Waals surface area (Å²) in [4.78, 5) is 0. The van der Waals surface area contributed by atoms with Crippen molar-refractivity contribution in [2.75, 3.05) is 0 Å². The van der Waals surface area contributed by atoms with Gasteiger partial charge < -0.3 is 8.98 Å². The van der Waals surface area contributed by atoms with Gasteiger partial charge in [0.05, 0.1) is 21.4 Å². The van der Waals surface area contributed by atoms with Gasteiger partial charge in [-0.15, -0.1) is 11.3 Å². The van der Waals surface area contributed by atoms with E-state index in [1.807, 2.05) is 17.4 Å². The highest BCUT2D eigenvalue weighted by molar-refractivity contribution is 7.26. The molecule has 0 aliphatic carbocycles. The maximum Gasteiger partial charge on any atom is 0.136 e. The minimum absolute atomic E-state index is 0.907. The number of furan rings is 1. The van der Waals surface area contributed by atoms with E-state index in [0.717, 1.165) is 21.9 Å². The molecule has 0 unspecified atom stereocenters. The highest BCUT2D eigenvalue weighted by Gasteiger charge is 2.21. The number of thiophene rings is 1. The largest absolute Gasteiger partial charge is 0.456 e. The molecule has 3 aromatic heterocycles. The Balaban J connectivity index is 1.14. The van der Waals surface area contributed by atoms with E-state index < -0.39 is 0 Å². The zero-order valence-electron chi connectivity index (χ0n) is 30.8. The lowest BCUT2D eigenvalue weighted by Gasteiger charge is -2.10. The normalized spacial score (nSPS) is 11.9. The standard InChI is InChI=1S/C54H33NOS/c1-4-14-34(15-5-1)37-26-28-47-44(30-37)45-31-38(35-16-6-2-7-17-35)27-29-48(45)55(47)49-23-12-22-41-46-33-39(32-43(53(46)57-54(41)49)36-18-8-3-9-19-36)40-21-13-25-51-52(40)42-20-10-11-24-50(42)56-51/h1-33H. The lowest BCUT2D eigenvalue weighted by Crippen LogP contribution is -1.94. The van der Waals surface area contributed by atoms with Gasteiger partial charge >= 0.3 is 0 Å². The first kappa shape index (κ1) is 32.1. The second-order valence-corrected chi connectivity index (χ2v) is 15.9. The summed E-state index contributed by atoms with van der Waals surface area (Å²) in [5, 5.41) is 7.30. The van der Waals surface area contributed by atoms with Crippen molar-refractivity contribution in [2.24, 2.45) is 0 Å². The molecule has 3 heterocycles. The molecule has 2 nitrogen and oxygen atoms in total. The molecule has 0 bridgehead atoms. The molecule has 9 aromatic carbocycles. The van der Waals surface area contributed by atoms with Gasteiger partial charge in [-0.1, -0.05) is 146 Å². The average molecular weight is 744 g/mol. The zero-order valence-corrected chi connectivity index (χ0v) is 31.6. The van der Waals surface area contributed by atoms with Crippen LogP contribution in [-0.4, -0.2) is 4.57 Å². The molecule has 0 spiro atoms. The van der Waals surface area contributed by atoms with E-state index >= 15 is 0 Å². The minimum atomic E-state index is 0.907. The third-order valence-corrected chi connectivity index (χ3v) is 12.9. The van der Waals surface area contributed by atoms with Gasteiger partial charge in [-0.05, 0) is 93.5 Å². The fraction of sp³-hybridized carbons (Fsp3) is 0. The van der Waals surface area contributed by atoms with Gasteiger partial charge in [0, 0.05) is 42.6 Å². The lowest BCUT2D eigenvalue weighted by molar-refractivity contribution is 0.669. The summed E-state index contributed by atoms with van der Waals surface area (Å²) in [6.45, 7) is 0. The highest BCUT2D eigenvalue weighted by Crippen LogP contribution is 2.48. The molecule has 0 atom stereocenters. The number of nitrogens with zero attached hydrogens (tertiary/aromatic N) is 1. The summed E-state index contributed by atoms with van der Waals surface area (Å²) in [6, 6.07) is 72.6. The monoisotopic (exact) mass is 743 g/mol. The maximum atomic E-state index is 6.36. The number of hydrogen-bond acceptors (Lipinski definition) is 2. The van der Waals surface area contributed by atoms with Crippen LogP contribution in [0.4, 0.5) is 0 Å². The summed E-state index contributed by atoms with van der Waals surface area (Å²) in [5.74, 6) is 0. The lowest BCUT2D eigenvalue weighted by atomic mass is 9.93. The molecule has 57 heavy (non-hydrogen) atoms. The second kappa shape index (κ2) is 12.7. The SMILES string of the molecule is c1ccc(-c2ccc3c(c2)c2cc(-c4ccccc4)ccc2n3-c2cccc3c2sc2c(-c4ccccc4)cc(-c4cccc5oc6ccccc6c45)cc23)cc1. The molecule has 0 saturated carbocycles. The number of fused-ring (bicyclic) bond motifs is 9. The molecule has 0 saturated heterocycles. The van der Waals surface area contributed by atoms with E-state index in [2.05, 4.69) is 199 Å². The van der Waals surface area contributed by atoms with E-state index in [9.17, 15) is 0 Å². The topological polar surface area (TPSA) is 18.1 Å². The Labute approximate surface area is 333 Å². The molecule has 12 aromatic rings. The van der Waals surface area contributed by atoms with E-state index in [4.69, 9.17) is 4.42 Å². The molecule has 0 aliphatic rings. The second-order valence-electron chi connectivity index (χ2n) is 14.8. The number of para-hydroxylation sites is 1. The third kappa shape index (κ3) is 5.03. The number of aromatic nitrogens is 1. The maximum absolute atomic E-state index is 6.36. The molecule has 0 radical (unpaired) electrons. The van der Waals surface area contributed by atoms with Crippen LogP contribution in [0.2, 0.25) is 0 Å². The number of rotatable bonds is 5. The summed E-state index contributed by atoms with van der Waals surface area (Å²) < 4.78 is 11.4. The third-order valence-electron chi connectivity index (χ3n) is 11.6. The van der Waals surface area contributed by atoms with Crippen LogP contribution in [0.1, 0.15) is 0 Å². The number of hydrogen-bond donors (Lipinski definition) is 0. The van der Waals surface area contributed by atoms with Crippen molar-refractivity contribution >= 4 is 75.3 Å². The predicted molar refractivity (Wildman–Crippen MR) is 243 cm³/mol. The molecular formula is C54H33NOS. The molecule has 12 rings (SSSR count). The molecule has 3 heteroatoms. The Morgan fingerprint density at radius 1 is 0.333 bits per heavy atom. The Morgan fingerprint density at radius 3 is 1.58 bits per heavy atom. The Hall–Kier alpha value is -7.20. The van der Waals surface area contributed by atoms with Crippen LogP contribution >= 0.6 is 11.3 Å². The first-order valence-electron chi connectivity index (χ1n) is 19.4. The fourth-order valence-electron chi connectivity index (χ4n) is 8.97. The van der Waals surface area contributed by atoms with Gasteiger partial charge in [0.2, 0.25) is 0 Å². The Kier molecular flexibility index (Phi) is 7.13. The first-order chi connectivity index (χ1) is 28.3. The molecular weight excluding hydrogens is 711 g/mol. The van der Waals surface area contributed by atoms with Crippen LogP contribution in [0.3, 0.4) is 0 Å². The molecule has 0 fully saturated rings. The van der Waals surface area contributed by atoms with Crippen molar-refractivity contribution in [3.63, 3.8) is 0 Å². The van der Waals surface area contributed by atoms with Gasteiger partial charge in [-0.3, -0.25) is 0 Å². The van der Waals surface area contributed by atoms with Crippen molar-refractivity contribution < 1.29 is 4.42 Å². The Morgan fingerprint density at radius 2 is 0.895 bits per heavy atom. The van der Waals surface area contributed by atoms with Gasteiger partial charge in [-0.2, -0.15) is 0 Å². The predicted octanol–water partition coefficient (Wildman–Crippen LogP) is 15.7. The van der Waals surface area contributed by atoms with Crippen molar-refractivity contribution in [1.29, 1.82) is 0 Å². The van der Waals surface area contributed by atoms with Crippen molar-refractivity contribution in [3.8, 4) is 50.2 Å². The van der Waals surface area contributed by atoms with E-state index in [1.54, 1.807) is 0 Å². The highest BCUT2D eigenvalue weighted by atomic mass is 32.1. The van der Waals surface area contributed by atoms with Crippen molar-refractivity contribution in [2.45, 2.75) is 0 Å². The quantitative estimate of drug-likeness (QED) is 0.172. The average Bonchev–Trinajstić information content (AvgIpc) is 3.96. The van der Waals surface area contributed by atoms with Gasteiger partial charge in [-0.25, -0.2) is 0 Å². The van der Waals surface area contributed by atoms with Crippen molar-refractivity contribution in [3.05, 3.63) is 200 Å². The van der Waals surface area contributed by atoms with Crippen LogP contribution in [-0.2, 0) is 0 Å². The van der Waals surface area contributed by atoms with Crippen LogP contribution in [0.25, 0.3) is 114 Å². The van der Waals surface area contributed by atoms with Crippen LogP contribution in [0.5, 0.6) is 0 Å². The van der Waals surface area contributed by atoms with Crippen LogP contribution < -0.4 is 0 Å². The fourth-order valence-corrected chi connectivity index (χ4v) is 10.3. The molecule has 0 N–H and O–H groups in total. The summed E-state index contributed by atoms with van der Waals surface area (Å²) in [5.41, 5.74) is 15.1. The van der Waals surface area contributed by atoms with Gasteiger partial charge in [0.15, 0.2) is 0 Å².